The predicted octanol–water partition coefficient (Wildman–Crippen LogP) is 2.41. The number of nitrogens with zero attached hydrogens (tertiary/aromatic N) is 3. The van der Waals surface area contributed by atoms with Gasteiger partial charge in [-0.1, -0.05) is 27.7 Å². The van der Waals surface area contributed by atoms with Crippen LogP contribution in [-0.2, 0) is 6.54 Å². The Morgan fingerprint density at radius 2 is 1.95 bits per heavy atom. The van der Waals surface area contributed by atoms with Crippen molar-refractivity contribution in [1.82, 2.24) is 14.7 Å². The molecule has 0 saturated carbocycles. The molecule has 0 atom stereocenters. The van der Waals surface area contributed by atoms with Crippen LogP contribution in [0.4, 0.5) is 0 Å². The van der Waals surface area contributed by atoms with Gasteiger partial charge in [0.15, 0.2) is 0 Å². The van der Waals surface area contributed by atoms with Gasteiger partial charge in [-0.25, -0.2) is 0 Å². The first-order valence-corrected chi connectivity index (χ1v) is 7.53. The molecule has 1 saturated heterocycles. The van der Waals surface area contributed by atoms with Gasteiger partial charge in [0, 0.05) is 31.4 Å². The van der Waals surface area contributed by atoms with E-state index in [9.17, 15) is 0 Å². The molecule has 4 nitrogen and oxygen atoms in total. The standard InChI is InChI=1S/C15H28N4/c1-5-14(6-2)19-8-7-13(17-19)9-18-10-15(16,11-18)12(3)4/h7-8,12,14H,5-6,9-11,16H2,1-4H3. The summed E-state index contributed by atoms with van der Waals surface area (Å²) in [5.74, 6) is 0.547. The number of hydrogen-bond acceptors (Lipinski definition) is 3. The van der Waals surface area contributed by atoms with Crippen molar-refractivity contribution in [2.24, 2.45) is 11.7 Å². The lowest BCUT2D eigenvalue weighted by molar-refractivity contribution is 0.0302. The second-order valence-corrected chi connectivity index (χ2v) is 6.29. The van der Waals surface area contributed by atoms with Crippen LogP contribution < -0.4 is 5.73 Å². The molecule has 0 aromatic carbocycles. The van der Waals surface area contributed by atoms with Crippen LogP contribution in [-0.4, -0.2) is 33.3 Å². The van der Waals surface area contributed by atoms with Crippen molar-refractivity contribution in [3.63, 3.8) is 0 Å². The van der Waals surface area contributed by atoms with Gasteiger partial charge in [0.2, 0.25) is 0 Å². The number of likely N-dealkylation sites (tertiary alicyclic amines) is 1. The van der Waals surface area contributed by atoms with E-state index in [4.69, 9.17) is 10.8 Å². The third-order valence-electron chi connectivity index (χ3n) is 4.55. The van der Waals surface area contributed by atoms with Gasteiger partial charge < -0.3 is 5.73 Å². The summed E-state index contributed by atoms with van der Waals surface area (Å²) in [6.07, 6.45) is 4.39. The molecule has 0 aliphatic carbocycles. The van der Waals surface area contributed by atoms with Crippen molar-refractivity contribution < 1.29 is 0 Å². The van der Waals surface area contributed by atoms with E-state index in [2.05, 4.69) is 49.5 Å². The van der Waals surface area contributed by atoms with Gasteiger partial charge in [-0.15, -0.1) is 0 Å². The van der Waals surface area contributed by atoms with Crippen LogP contribution in [0.25, 0.3) is 0 Å². The Morgan fingerprint density at radius 1 is 1.32 bits per heavy atom. The zero-order valence-corrected chi connectivity index (χ0v) is 12.8. The van der Waals surface area contributed by atoms with Crippen LogP contribution in [0.2, 0.25) is 0 Å². The molecule has 1 aliphatic rings. The van der Waals surface area contributed by atoms with E-state index in [1.165, 1.54) is 0 Å². The molecule has 0 unspecified atom stereocenters. The van der Waals surface area contributed by atoms with Crippen molar-refractivity contribution in [2.75, 3.05) is 13.1 Å². The van der Waals surface area contributed by atoms with Crippen LogP contribution in [0.3, 0.4) is 0 Å². The zero-order chi connectivity index (χ0) is 14.0. The minimum atomic E-state index is 0.0118. The Bertz CT molecular complexity index is 400. The molecular formula is C15H28N4. The molecule has 1 aliphatic heterocycles. The number of aromatic nitrogens is 2. The Kier molecular flexibility index (Phi) is 4.31. The van der Waals surface area contributed by atoms with E-state index in [0.29, 0.717) is 12.0 Å². The summed E-state index contributed by atoms with van der Waals surface area (Å²) in [5, 5.41) is 4.70. The largest absolute Gasteiger partial charge is 0.323 e. The fourth-order valence-electron chi connectivity index (χ4n) is 2.82. The normalized spacial score (nSPS) is 19.1. The van der Waals surface area contributed by atoms with E-state index in [-0.39, 0.29) is 5.54 Å². The summed E-state index contributed by atoms with van der Waals surface area (Å²) in [4.78, 5) is 2.39. The molecule has 4 heteroatoms. The van der Waals surface area contributed by atoms with E-state index < -0.39 is 0 Å². The molecule has 2 heterocycles. The Morgan fingerprint density at radius 3 is 2.47 bits per heavy atom. The van der Waals surface area contributed by atoms with Gasteiger partial charge >= 0.3 is 0 Å². The first-order valence-electron chi connectivity index (χ1n) is 7.53. The highest BCUT2D eigenvalue weighted by molar-refractivity contribution is 5.06. The monoisotopic (exact) mass is 264 g/mol. The van der Waals surface area contributed by atoms with Crippen molar-refractivity contribution in [3.8, 4) is 0 Å². The lowest BCUT2D eigenvalue weighted by atomic mass is 9.80. The molecule has 1 aromatic heterocycles. The molecule has 1 fully saturated rings. The summed E-state index contributed by atoms with van der Waals surface area (Å²) in [5.41, 5.74) is 7.50. The highest BCUT2D eigenvalue weighted by atomic mass is 15.3. The molecule has 0 amide bonds. The highest BCUT2D eigenvalue weighted by Gasteiger charge is 2.41. The summed E-state index contributed by atoms with van der Waals surface area (Å²) < 4.78 is 2.12. The Hall–Kier alpha value is -0.870. The van der Waals surface area contributed by atoms with Crippen molar-refractivity contribution in [3.05, 3.63) is 18.0 Å². The second-order valence-electron chi connectivity index (χ2n) is 6.29. The average Bonchev–Trinajstić information content (AvgIpc) is 2.77. The topological polar surface area (TPSA) is 47.1 Å². The molecular weight excluding hydrogens is 236 g/mol. The average molecular weight is 264 g/mol. The van der Waals surface area contributed by atoms with Gasteiger partial charge in [0.1, 0.15) is 0 Å². The van der Waals surface area contributed by atoms with Crippen LogP contribution in [0.5, 0.6) is 0 Å². The Labute approximate surface area is 117 Å². The SMILES string of the molecule is CCC(CC)n1ccc(CN2CC(N)(C(C)C)C2)n1. The van der Waals surface area contributed by atoms with Gasteiger partial charge in [-0.2, -0.15) is 5.10 Å². The smallest absolute Gasteiger partial charge is 0.0764 e. The molecule has 2 N–H and O–H groups in total. The third-order valence-corrected chi connectivity index (χ3v) is 4.55. The summed E-state index contributed by atoms with van der Waals surface area (Å²) in [6, 6.07) is 2.68. The number of hydrogen-bond donors (Lipinski definition) is 1. The lowest BCUT2D eigenvalue weighted by Crippen LogP contribution is -2.69. The molecule has 2 rings (SSSR count). The van der Waals surface area contributed by atoms with E-state index in [1.54, 1.807) is 0 Å². The van der Waals surface area contributed by atoms with Gasteiger partial charge in [-0.3, -0.25) is 9.58 Å². The van der Waals surface area contributed by atoms with Gasteiger partial charge in [0.05, 0.1) is 11.7 Å². The molecule has 0 bridgehead atoms. The summed E-state index contributed by atoms with van der Waals surface area (Å²) >= 11 is 0. The van der Waals surface area contributed by atoms with E-state index >= 15 is 0 Å². The van der Waals surface area contributed by atoms with E-state index in [1.807, 2.05) is 0 Å². The lowest BCUT2D eigenvalue weighted by Gasteiger charge is -2.50. The number of nitrogens with two attached hydrogens (primary N) is 1. The Balaban J connectivity index is 1.89. The maximum Gasteiger partial charge on any atom is 0.0764 e. The van der Waals surface area contributed by atoms with Gasteiger partial charge in [0.25, 0.3) is 0 Å². The fraction of sp³-hybridized carbons (Fsp3) is 0.800. The maximum absolute atomic E-state index is 6.32. The van der Waals surface area contributed by atoms with Crippen molar-refractivity contribution >= 4 is 0 Å². The molecule has 1 aromatic rings. The first kappa shape index (κ1) is 14.5. The molecule has 108 valence electrons. The van der Waals surface area contributed by atoms with Crippen LogP contribution in [0.15, 0.2) is 12.3 Å². The fourth-order valence-corrected chi connectivity index (χ4v) is 2.82. The summed E-state index contributed by atoms with van der Waals surface area (Å²) in [7, 11) is 0. The predicted molar refractivity (Wildman–Crippen MR) is 78.9 cm³/mol. The summed E-state index contributed by atoms with van der Waals surface area (Å²) in [6.45, 7) is 11.8. The van der Waals surface area contributed by atoms with E-state index in [0.717, 1.165) is 38.2 Å². The minimum absolute atomic E-state index is 0.0118. The zero-order valence-electron chi connectivity index (χ0n) is 12.8. The second kappa shape index (κ2) is 5.63. The maximum atomic E-state index is 6.32. The molecule has 0 radical (unpaired) electrons. The quantitative estimate of drug-likeness (QED) is 0.858. The van der Waals surface area contributed by atoms with Crippen LogP contribution in [0.1, 0.15) is 52.3 Å². The molecule has 19 heavy (non-hydrogen) atoms. The van der Waals surface area contributed by atoms with Crippen LogP contribution in [0, 0.1) is 5.92 Å². The molecule has 0 spiro atoms. The highest BCUT2D eigenvalue weighted by Crippen LogP contribution is 2.27. The van der Waals surface area contributed by atoms with Crippen molar-refractivity contribution in [2.45, 2.75) is 58.7 Å². The van der Waals surface area contributed by atoms with Crippen molar-refractivity contribution in [1.29, 1.82) is 0 Å². The third kappa shape index (κ3) is 3.00. The number of rotatable bonds is 6. The van der Waals surface area contributed by atoms with Gasteiger partial charge in [-0.05, 0) is 24.8 Å². The first-order chi connectivity index (χ1) is 8.98. The van der Waals surface area contributed by atoms with Crippen LogP contribution >= 0.6 is 0 Å². The minimum Gasteiger partial charge on any atom is -0.323 e.